The smallest absolute Gasteiger partial charge is 0.0471 e. The molecule has 22 heavy (non-hydrogen) atoms. The van der Waals surface area contributed by atoms with Crippen LogP contribution in [0.25, 0.3) is 0 Å². The minimum absolute atomic E-state index is 0.904. The summed E-state index contributed by atoms with van der Waals surface area (Å²) in [5, 5.41) is 0. The van der Waals surface area contributed by atoms with Gasteiger partial charge in [0.2, 0.25) is 0 Å². The van der Waals surface area contributed by atoms with E-state index in [9.17, 15) is 0 Å². The van der Waals surface area contributed by atoms with Gasteiger partial charge in [-0.15, -0.1) is 0 Å². The van der Waals surface area contributed by atoms with Gasteiger partial charge >= 0.3 is 0 Å². The minimum atomic E-state index is 0.904. The van der Waals surface area contributed by atoms with Crippen molar-refractivity contribution in [3.8, 4) is 0 Å². The summed E-state index contributed by atoms with van der Waals surface area (Å²) in [6.45, 7) is 27.3. The first kappa shape index (κ1) is 37.9. The van der Waals surface area contributed by atoms with Crippen LogP contribution in [-0.2, 0) is 0 Å². The summed E-state index contributed by atoms with van der Waals surface area (Å²) in [5.41, 5.74) is 0. The van der Waals surface area contributed by atoms with Crippen molar-refractivity contribution in [1.29, 1.82) is 0 Å². The van der Waals surface area contributed by atoms with Gasteiger partial charge < -0.3 is 0 Å². The Labute approximate surface area is 147 Å². The predicted molar refractivity (Wildman–Crippen MR) is 114 cm³/mol. The molecular formula is C22H56. The van der Waals surface area contributed by atoms with Crippen molar-refractivity contribution in [2.75, 3.05) is 0 Å². The van der Waals surface area contributed by atoms with Crippen LogP contribution >= 0.6 is 0 Å². The van der Waals surface area contributed by atoms with E-state index >= 15 is 0 Å². The van der Waals surface area contributed by atoms with E-state index in [1.807, 2.05) is 55.4 Å². The van der Waals surface area contributed by atoms with Crippen molar-refractivity contribution in [3.05, 3.63) is 0 Å². The van der Waals surface area contributed by atoms with Crippen molar-refractivity contribution in [2.24, 2.45) is 5.92 Å². The van der Waals surface area contributed by atoms with E-state index in [1.165, 1.54) is 51.4 Å². The summed E-state index contributed by atoms with van der Waals surface area (Å²) in [5.74, 6) is 0.904. The lowest BCUT2D eigenvalue weighted by atomic mass is 10.1. The highest BCUT2D eigenvalue weighted by Gasteiger charge is 1.91. The SMILES string of the molecule is CC.CC.CC.CC.CCCCC.CCCCCCC(C)C. The molecule has 0 amide bonds. The molecule has 0 bridgehead atoms. The summed E-state index contributed by atoms with van der Waals surface area (Å²) in [4.78, 5) is 0. The summed E-state index contributed by atoms with van der Waals surface area (Å²) < 4.78 is 0. The Morgan fingerprint density at radius 1 is 0.455 bits per heavy atom. The average Bonchev–Trinajstić information content (AvgIpc) is 2.60. The quantitative estimate of drug-likeness (QED) is 0.409. The van der Waals surface area contributed by atoms with Gasteiger partial charge in [0.1, 0.15) is 0 Å². The lowest BCUT2D eigenvalue weighted by molar-refractivity contribution is 0.525. The molecule has 0 nitrogen and oxygen atoms in total. The molecule has 0 aliphatic heterocycles. The first-order valence-electron chi connectivity index (χ1n) is 10.7. The lowest BCUT2D eigenvalue weighted by Crippen LogP contribution is -1.86. The van der Waals surface area contributed by atoms with E-state index in [2.05, 4.69) is 34.6 Å². The first-order chi connectivity index (χ1) is 10.7. The highest BCUT2D eigenvalue weighted by molar-refractivity contribution is 4.45. The summed E-state index contributed by atoms with van der Waals surface area (Å²) >= 11 is 0. The second kappa shape index (κ2) is 69.4. The molecule has 0 saturated heterocycles. The molecule has 0 saturated carbocycles. The van der Waals surface area contributed by atoms with Crippen LogP contribution in [-0.4, -0.2) is 0 Å². The number of hydrogen-bond donors (Lipinski definition) is 0. The van der Waals surface area contributed by atoms with Crippen LogP contribution in [0.3, 0.4) is 0 Å². The zero-order valence-electron chi connectivity index (χ0n) is 19.2. The number of rotatable bonds is 7. The van der Waals surface area contributed by atoms with Crippen molar-refractivity contribution in [1.82, 2.24) is 0 Å². The number of hydrogen-bond acceptors (Lipinski definition) is 0. The molecular weight excluding hydrogens is 264 g/mol. The van der Waals surface area contributed by atoms with Crippen LogP contribution in [0, 0.1) is 5.92 Å². The molecule has 0 heteroatoms. The van der Waals surface area contributed by atoms with Gasteiger partial charge in [-0.25, -0.2) is 0 Å². The molecule has 0 N–H and O–H groups in total. The van der Waals surface area contributed by atoms with Crippen LogP contribution in [0.15, 0.2) is 0 Å². The molecule has 0 aromatic carbocycles. The molecule has 0 fully saturated rings. The summed E-state index contributed by atoms with van der Waals surface area (Å²) in [6, 6.07) is 0. The van der Waals surface area contributed by atoms with E-state index in [-0.39, 0.29) is 0 Å². The zero-order valence-corrected chi connectivity index (χ0v) is 19.2. The number of unbranched alkanes of at least 4 members (excludes halogenated alkanes) is 5. The molecule has 0 unspecified atom stereocenters. The second-order valence-corrected chi connectivity index (χ2v) is 4.60. The zero-order chi connectivity index (χ0) is 19.2. The average molecular weight is 321 g/mol. The fraction of sp³-hybridized carbons (Fsp3) is 1.00. The molecule has 0 radical (unpaired) electrons. The summed E-state index contributed by atoms with van der Waals surface area (Å²) in [6.07, 6.45) is 11.2. The highest BCUT2D eigenvalue weighted by Crippen LogP contribution is 2.08. The van der Waals surface area contributed by atoms with E-state index in [0.29, 0.717) is 0 Å². The van der Waals surface area contributed by atoms with Crippen LogP contribution in [0.5, 0.6) is 0 Å². The molecule has 0 aliphatic rings. The molecule has 144 valence electrons. The Morgan fingerprint density at radius 2 is 0.773 bits per heavy atom. The van der Waals surface area contributed by atoms with Crippen molar-refractivity contribution in [2.45, 2.75) is 141 Å². The van der Waals surface area contributed by atoms with Gasteiger partial charge in [0, 0.05) is 0 Å². The van der Waals surface area contributed by atoms with Gasteiger partial charge in [0.05, 0.1) is 0 Å². The van der Waals surface area contributed by atoms with Gasteiger partial charge in [-0.1, -0.05) is 141 Å². The largest absolute Gasteiger partial charge is 0.0683 e. The van der Waals surface area contributed by atoms with Crippen LogP contribution in [0.2, 0.25) is 0 Å². The molecule has 0 rings (SSSR count). The van der Waals surface area contributed by atoms with Crippen molar-refractivity contribution < 1.29 is 0 Å². The van der Waals surface area contributed by atoms with E-state index < -0.39 is 0 Å². The lowest BCUT2D eigenvalue weighted by Gasteiger charge is -2.01. The fourth-order valence-corrected chi connectivity index (χ4v) is 1.33. The molecule has 0 heterocycles. The molecule has 0 spiro atoms. The molecule has 0 aromatic rings. The van der Waals surface area contributed by atoms with E-state index in [4.69, 9.17) is 0 Å². The van der Waals surface area contributed by atoms with Crippen molar-refractivity contribution >= 4 is 0 Å². The Bertz CT molecular complexity index is 72.1. The third-order valence-corrected chi connectivity index (χ3v) is 2.34. The highest BCUT2D eigenvalue weighted by atomic mass is 14.0. The third kappa shape index (κ3) is 113. The maximum atomic E-state index is 2.30. The monoisotopic (exact) mass is 320 g/mol. The first-order valence-corrected chi connectivity index (χ1v) is 10.7. The Hall–Kier alpha value is 0. The maximum Gasteiger partial charge on any atom is -0.0471 e. The van der Waals surface area contributed by atoms with Crippen molar-refractivity contribution in [3.63, 3.8) is 0 Å². The normalized spacial score (nSPS) is 7.36. The van der Waals surface area contributed by atoms with Gasteiger partial charge in [-0.05, 0) is 5.92 Å². The second-order valence-electron chi connectivity index (χ2n) is 4.60. The fourth-order valence-electron chi connectivity index (χ4n) is 1.33. The van der Waals surface area contributed by atoms with Crippen LogP contribution in [0.4, 0.5) is 0 Å². The van der Waals surface area contributed by atoms with Crippen LogP contribution in [0.1, 0.15) is 141 Å². The summed E-state index contributed by atoms with van der Waals surface area (Å²) in [7, 11) is 0. The standard InChI is InChI=1S/C9H20.C5H12.4C2H6/c1-4-5-6-7-8-9(2)3;1-3-5-4-2;4*1-2/h9H,4-8H2,1-3H3;3-5H2,1-2H3;4*1-2H3. The van der Waals surface area contributed by atoms with E-state index in [0.717, 1.165) is 5.92 Å². The van der Waals surface area contributed by atoms with Gasteiger partial charge in [0.25, 0.3) is 0 Å². The minimum Gasteiger partial charge on any atom is -0.0683 e. The Balaban J connectivity index is -0.0000000420. The van der Waals surface area contributed by atoms with E-state index in [1.54, 1.807) is 0 Å². The topological polar surface area (TPSA) is 0 Å². The molecule has 0 aromatic heterocycles. The predicted octanol–water partition coefficient (Wildman–Crippen LogP) is 9.91. The third-order valence-electron chi connectivity index (χ3n) is 2.34. The van der Waals surface area contributed by atoms with Gasteiger partial charge in [-0.3, -0.25) is 0 Å². The molecule has 0 aliphatic carbocycles. The van der Waals surface area contributed by atoms with Gasteiger partial charge in [0.15, 0.2) is 0 Å². The Kier molecular flexibility index (Phi) is 120. The van der Waals surface area contributed by atoms with Gasteiger partial charge in [-0.2, -0.15) is 0 Å². The Morgan fingerprint density at radius 3 is 0.955 bits per heavy atom. The molecule has 0 atom stereocenters. The van der Waals surface area contributed by atoms with Crippen LogP contribution < -0.4 is 0 Å². The maximum absolute atomic E-state index is 2.30.